The number of rotatable bonds is 10. The van der Waals surface area contributed by atoms with Gasteiger partial charge in [-0.15, -0.1) is 0 Å². The first kappa shape index (κ1) is 35.8. The van der Waals surface area contributed by atoms with Crippen molar-refractivity contribution in [1.82, 2.24) is 14.1 Å². The van der Waals surface area contributed by atoms with E-state index in [1.54, 1.807) is 0 Å². The van der Waals surface area contributed by atoms with Gasteiger partial charge in [-0.25, -0.2) is 4.79 Å². The molecule has 1 saturated carbocycles. The lowest BCUT2D eigenvalue weighted by atomic mass is 9.96. The lowest BCUT2D eigenvalue weighted by Gasteiger charge is -2.15. The summed E-state index contributed by atoms with van der Waals surface area (Å²) in [6, 6.07) is 35.9. The van der Waals surface area contributed by atoms with Crippen LogP contribution in [-0.4, -0.2) is 27.2 Å². The molecule has 0 atom stereocenters. The zero-order valence-corrected chi connectivity index (χ0v) is 31.6. The first-order valence-electron chi connectivity index (χ1n) is 18.9. The van der Waals surface area contributed by atoms with Crippen LogP contribution in [-0.2, 0) is 24.2 Å². The maximum absolute atomic E-state index is 12.6. The standard InChI is InChI=1S/C29H30N2O2.C18H20N2/c1-19(2)18-31-12-11-23-13-20(14-25(28(23)31)22-7-5-4-6-8-22)15-27-26(29(32)33-3)16-24(17-30-27)21-9-10-21;1-13(2)12-20-9-8-15-10-16(19)11-17(18(15)20)14-6-4-3-5-7-14/h4-8,11-14,16-17,19,21H,9-10,15,18H2,1-3H3;3-11,13H,12,19H2,1-2H3. The van der Waals surface area contributed by atoms with Crippen LogP contribution in [0, 0.1) is 11.8 Å². The van der Waals surface area contributed by atoms with E-state index >= 15 is 0 Å². The number of hydrogen-bond acceptors (Lipinski definition) is 4. The Hall–Kier alpha value is -5.62. The number of methoxy groups -OCH3 is 1. The zero-order valence-electron chi connectivity index (χ0n) is 31.6. The van der Waals surface area contributed by atoms with Crippen molar-refractivity contribution in [2.45, 2.75) is 66.0 Å². The van der Waals surface area contributed by atoms with Crippen molar-refractivity contribution in [1.29, 1.82) is 0 Å². The Kier molecular flexibility index (Phi) is 10.5. The lowest BCUT2D eigenvalue weighted by molar-refractivity contribution is 0.0599. The highest BCUT2D eigenvalue weighted by Crippen LogP contribution is 2.40. The molecule has 2 N–H and O–H groups in total. The maximum atomic E-state index is 12.6. The van der Waals surface area contributed by atoms with Crippen molar-refractivity contribution in [3.8, 4) is 22.3 Å². The Bertz CT molecular complexity index is 2350. The number of nitrogen functional groups attached to an aromatic ring is 1. The summed E-state index contributed by atoms with van der Waals surface area (Å²) in [6.45, 7) is 11.0. The molecule has 1 aliphatic rings. The van der Waals surface area contributed by atoms with Gasteiger partial charge in [0.2, 0.25) is 0 Å². The molecule has 6 nitrogen and oxygen atoms in total. The molecule has 0 spiro atoms. The second-order valence-electron chi connectivity index (χ2n) is 15.2. The number of aromatic nitrogens is 3. The summed E-state index contributed by atoms with van der Waals surface area (Å²) in [5.74, 6) is 1.40. The Morgan fingerprint density at radius 1 is 0.755 bits per heavy atom. The van der Waals surface area contributed by atoms with Crippen molar-refractivity contribution >= 4 is 33.5 Å². The van der Waals surface area contributed by atoms with Crippen molar-refractivity contribution in [3.05, 3.63) is 144 Å². The summed E-state index contributed by atoms with van der Waals surface area (Å²) < 4.78 is 9.78. The second-order valence-corrected chi connectivity index (χ2v) is 15.2. The second kappa shape index (κ2) is 15.5. The van der Waals surface area contributed by atoms with Gasteiger partial charge in [0.05, 0.1) is 29.4 Å². The molecule has 0 bridgehead atoms. The SMILES string of the molecule is CC(C)Cn1ccc2cc(N)cc(-c3ccccc3)c21.COC(=O)c1cc(C2CC2)cnc1Cc1cc(-c2ccccc2)c2c(ccn2CC(C)C)c1. The molecule has 6 heteroatoms. The predicted octanol–water partition coefficient (Wildman–Crippen LogP) is 11.2. The van der Waals surface area contributed by atoms with Gasteiger partial charge < -0.3 is 19.6 Å². The number of nitrogens with two attached hydrogens (primary N) is 1. The van der Waals surface area contributed by atoms with Crippen molar-refractivity contribution < 1.29 is 9.53 Å². The molecule has 3 aromatic heterocycles. The van der Waals surface area contributed by atoms with Gasteiger partial charge in [0.1, 0.15) is 0 Å². The van der Waals surface area contributed by atoms with Crippen LogP contribution in [0.4, 0.5) is 5.69 Å². The molecule has 0 radical (unpaired) electrons. The van der Waals surface area contributed by atoms with E-state index in [4.69, 9.17) is 15.5 Å². The minimum absolute atomic E-state index is 0.313. The van der Waals surface area contributed by atoms with Crippen LogP contribution in [0.25, 0.3) is 44.1 Å². The number of ether oxygens (including phenoxy) is 1. The molecule has 0 amide bonds. The predicted molar refractivity (Wildman–Crippen MR) is 219 cm³/mol. The van der Waals surface area contributed by atoms with E-state index in [0.717, 1.165) is 35.6 Å². The molecule has 3 heterocycles. The number of nitrogens with zero attached hydrogens (tertiary/aromatic N) is 3. The summed E-state index contributed by atoms with van der Waals surface area (Å²) in [5, 5.41) is 2.42. The highest BCUT2D eigenvalue weighted by molar-refractivity contribution is 5.98. The molecule has 53 heavy (non-hydrogen) atoms. The van der Waals surface area contributed by atoms with Gasteiger partial charge in [-0.05, 0) is 95.3 Å². The molecule has 4 aromatic carbocycles. The van der Waals surface area contributed by atoms with Crippen LogP contribution in [0.15, 0.2) is 122 Å². The van der Waals surface area contributed by atoms with Gasteiger partial charge in [-0.2, -0.15) is 0 Å². The minimum atomic E-state index is -0.313. The molecular formula is C47H50N4O2. The summed E-state index contributed by atoms with van der Waals surface area (Å²) in [5.41, 5.74) is 17.9. The van der Waals surface area contributed by atoms with Crippen LogP contribution in [0.3, 0.4) is 0 Å². The molecule has 7 aromatic rings. The Morgan fingerprint density at radius 3 is 1.83 bits per heavy atom. The van der Waals surface area contributed by atoms with Crippen molar-refractivity contribution in [2.75, 3.05) is 12.8 Å². The van der Waals surface area contributed by atoms with E-state index in [2.05, 4.69) is 134 Å². The largest absolute Gasteiger partial charge is 0.465 e. The number of benzene rings is 4. The Labute approximate surface area is 313 Å². The van der Waals surface area contributed by atoms with E-state index in [1.165, 1.54) is 64.0 Å². The van der Waals surface area contributed by atoms with Crippen molar-refractivity contribution in [2.24, 2.45) is 11.8 Å². The van der Waals surface area contributed by atoms with Gasteiger partial charge in [-0.1, -0.05) is 88.4 Å². The van der Waals surface area contributed by atoms with Gasteiger partial charge >= 0.3 is 5.97 Å². The van der Waals surface area contributed by atoms with Crippen LogP contribution in [0.2, 0.25) is 0 Å². The fourth-order valence-corrected chi connectivity index (χ4v) is 7.42. The van der Waals surface area contributed by atoms with Gasteiger partial charge in [0.15, 0.2) is 0 Å². The average Bonchev–Trinajstić information content (AvgIpc) is 3.83. The van der Waals surface area contributed by atoms with Gasteiger partial charge in [0, 0.05) is 65.7 Å². The lowest BCUT2D eigenvalue weighted by Crippen LogP contribution is -2.09. The fourth-order valence-electron chi connectivity index (χ4n) is 7.42. The van der Waals surface area contributed by atoms with E-state index in [-0.39, 0.29) is 5.97 Å². The normalized spacial score (nSPS) is 12.7. The molecule has 270 valence electrons. The van der Waals surface area contributed by atoms with E-state index in [9.17, 15) is 4.79 Å². The number of carbonyl (C=O) groups is 1. The third-order valence-corrected chi connectivity index (χ3v) is 9.91. The number of anilines is 1. The molecule has 0 saturated heterocycles. The number of esters is 1. The molecular weight excluding hydrogens is 653 g/mol. The first-order chi connectivity index (χ1) is 25.7. The van der Waals surface area contributed by atoms with E-state index in [0.29, 0.717) is 29.7 Å². The van der Waals surface area contributed by atoms with Crippen LogP contribution >= 0.6 is 0 Å². The van der Waals surface area contributed by atoms with Crippen molar-refractivity contribution in [3.63, 3.8) is 0 Å². The highest BCUT2D eigenvalue weighted by atomic mass is 16.5. The monoisotopic (exact) mass is 702 g/mol. The summed E-state index contributed by atoms with van der Waals surface area (Å²) in [7, 11) is 1.44. The van der Waals surface area contributed by atoms with Crippen LogP contribution in [0.5, 0.6) is 0 Å². The summed E-state index contributed by atoms with van der Waals surface area (Å²) in [6.07, 6.45) is 9.22. The summed E-state index contributed by atoms with van der Waals surface area (Å²) in [4.78, 5) is 17.3. The average molecular weight is 703 g/mol. The Balaban J connectivity index is 0.000000186. The van der Waals surface area contributed by atoms with Crippen LogP contribution < -0.4 is 5.73 Å². The first-order valence-corrected chi connectivity index (χ1v) is 18.9. The third-order valence-electron chi connectivity index (χ3n) is 9.91. The fraction of sp³-hybridized carbons (Fsp3) is 0.277. The molecule has 1 fully saturated rings. The number of fused-ring (bicyclic) bond motifs is 2. The smallest absolute Gasteiger partial charge is 0.339 e. The molecule has 8 rings (SSSR count). The zero-order chi connectivity index (χ0) is 37.1. The number of carbonyl (C=O) groups excluding carboxylic acids is 1. The van der Waals surface area contributed by atoms with E-state index < -0.39 is 0 Å². The Morgan fingerprint density at radius 2 is 1.30 bits per heavy atom. The number of pyridine rings is 1. The van der Waals surface area contributed by atoms with Crippen LogP contribution in [0.1, 0.15) is 73.6 Å². The quantitative estimate of drug-likeness (QED) is 0.114. The van der Waals surface area contributed by atoms with Gasteiger partial charge in [-0.3, -0.25) is 4.98 Å². The summed E-state index contributed by atoms with van der Waals surface area (Å²) >= 11 is 0. The third kappa shape index (κ3) is 8.07. The topological polar surface area (TPSA) is 75.1 Å². The highest BCUT2D eigenvalue weighted by Gasteiger charge is 2.26. The molecule has 0 unspecified atom stereocenters. The van der Waals surface area contributed by atoms with Gasteiger partial charge in [0.25, 0.3) is 0 Å². The number of hydrogen-bond donors (Lipinski definition) is 1. The molecule has 1 aliphatic carbocycles. The molecule has 0 aliphatic heterocycles. The maximum Gasteiger partial charge on any atom is 0.339 e. The van der Waals surface area contributed by atoms with E-state index in [1.807, 2.05) is 24.4 Å². The minimum Gasteiger partial charge on any atom is -0.465 e.